The number of carbonyl (C=O) groups excluding carboxylic acids is 1. The van der Waals surface area contributed by atoms with Crippen LogP contribution in [0.15, 0.2) is 45.0 Å². The zero-order chi connectivity index (χ0) is 17.1. The topological polar surface area (TPSA) is 80.9 Å². The molecule has 1 atom stereocenters. The molecule has 3 aromatic rings. The Labute approximate surface area is 151 Å². The molecule has 6 nitrogen and oxygen atoms in total. The second kappa shape index (κ2) is 7.23. The third-order valence-electron chi connectivity index (χ3n) is 3.42. The van der Waals surface area contributed by atoms with Crippen LogP contribution in [-0.4, -0.2) is 21.0 Å². The van der Waals surface area contributed by atoms with Crippen molar-refractivity contribution in [2.24, 2.45) is 5.92 Å². The monoisotopic (exact) mass is 406 g/mol. The van der Waals surface area contributed by atoms with Crippen LogP contribution >= 0.6 is 27.3 Å². The van der Waals surface area contributed by atoms with Gasteiger partial charge in [-0.05, 0) is 45.4 Å². The van der Waals surface area contributed by atoms with Crippen LogP contribution in [0.2, 0.25) is 0 Å². The van der Waals surface area contributed by atoms with Gasteiger partial charge in [-0.3, -0.25) is 9.78 Å². The lowest BCUT2D eigenvalue weighted by Crippen LogP contribution is -2.31. The first-order chi connectivity index (χ1) is 11.6. The molecule has 124 valence electrons. The van der Waals surface area contributed by atoms with E-state index in [1.54, 1.807) is 24.5 Å². The van der Waals surface area contributed by atoms with E-state index in [0.717, 1.165) is 10.0 Å². The lowest BCUT2D eigenvalue weighted by Gasteiger charge is -2.18. The van der Waals surface area contributed by atoms with Gasteiger partial charge in [0.15, 0.2) is 0 Å². The predicted molar refractivity (Wildman–Crippen MR) is 94.6 cm³/mol. The van der Waals surface area contributed by atoms with E-state index in [9.17, 15) is 4.79 Å². The van der Waals surface area contributed by atoms with Gasteiger partial charge in [-0.15, -0.1) is 11.3 Å². The van der Waals surface area contributed by atoms with Crippen LogP contribution in [-0.2, 0) is 0 Å². The lowest BCUT2D eigenvalue weighted by molar-refractivity contribution is 0.0917. The number of thiophene rings is 1. The molecule has 1 unspecified atom stereocenters. The van der Waals surface area contributed by atoms with Gasteiger partial charge >= 0.3 is 0 Å². The van der Waals surface area contributed by atoms with Gasteiger partial charge < -0.3 is 9.84 Å². The Kier molecular flexibility index (Phi) is 5.06. The maximum absolute atomic E-state index is 12.5. The van der Waals surface area contributed by atoms with Crippen LogP contribution < -0.4 is 5.32 Å². The van der Waals surface area contributed by atoms with Gasteiger partial charge in [-0.25, -0.2) is 0 Å². The summed E-state index contributed by atoms with van der Waals surface area (Å²) in [5.41, 5.74) is 0.815. The summed E-state index contributed by atoms with van der Waals surface area (Å²) >= 11 is 4.75. The van der Waals surface area contributed by atoms with E-state index in [0.29, 0.717) is 16.6 Å². The molecule has 3 aromatic heterocycles. The molecule has 0 saturated heterocycles. The Morgan fingerprint density at radius 3 is 2.67 bits per heavy atom. The molecule has 0 aliphatic carbocycles. The van der Waals surface area contributed by atoms with E-state index in [2.05, 4.69) is 36.4 Å². The van der Waals surface area contributed by atoms with E-state index >= 15 is 0 Å². The fraction of sp³-hybridized carbons (Fsp3) is 0.250. The van der Waals surface area contributed by atoms with Crippen LogP contribution in [0.5, 0.6) is 0 Å². The summed E-state index contributed by atoms with van der Waals surface area (Å²) in [6.45, 7) is 3.98. The maximum atomic E-state index is 12.5. The number of rotatable bonds is 5. The highest BCUT2D eigenvalue weighted by atomic mass is 79.9. The zero-order valence-electron chi connectivity index (χ0n) is 13.1. The average molecular weight is 407 g/mol. The minimum absolute atomic E-state index is 0.0958. The molecule has 0 fully saturated rings. The molecular formula is C16H15BrN4O2S. The van der Waals surface area contributed by atoms with Gasteiger partial charge in [-0.1, -0.05) is 19.0 Å². The molecule has 0 aliphatic heterocycles. The number of pyridine rings is 1. The fourth-order valence-corrected chi connectivity index (χ4v) is 3.61. The van der Waals surface area contributed by atoms with Crippen molar-refractivity contribution in [2.75, 3.05) is 0 Å². The highest BCUT2D eigenvalue weighted by Gasteiger charge is 2.26. The molecule has 24 heavy (non-hydrogen) atoms. The average Bonchev–Trinajstić information content (AvgIpc) is 3.22. The summed E-state index contributed by atoms with van der Waals surface area (Å²) in [5, 5.41) is 8.84. The van der Waals surface area contributed by atoms with Gasteiger partial charge in [-0.2, -0.15) is 4.98 Å². The predicted octanol–water partition coefficient (Wildman–Crippen LogP) is 4.08. The molecule has 1 amide bonds. The molecule has 0 bridgehead atoms. The summed E-state index contributed by atoms with van der Waals surface area (Å²) in [4.78, 5) is 21.5. The van der Waals surface area contributed by atoms with Crippen LogP contribution in [0.4, 0.5) is 0 Å². The molecule has 3 rings (SSSR count). The third-order valence-corrected chi connectivity index (χ3v) is 5.26. The fourth-order valence-electron chi connectivity index (χ4n) is 2.16. The Balaban J connectivity index is 1.83. The molecule has 0 aliphatic rings. The standard InChI is InChI=1S/C16H15BrN4O2S/c1-9(2)12(19-15(22)13-11(17)5-8-24-13)16-20-14(21-23-16)10-3-6-18-7-4-10/h3-9,12H,1-2H3,(H,19,22). The van der Waals surface area contributed by atoms with Crippen molar-refractivity contribution >= 4 is 33.2 Å². The van der Waals surface area contributed by atoms with Crippen molar-refractivity contribution in [3.63, 3.8) is 0 Å². The summed E-state index contributed by atoms with van der Waals surface area (Å²) in [7, 11) is 0. The quantitative estimate of drug-likeness (QED) is 0.689. The number of amides is 1. The molecule has 1 N–H and O–H groups in total. The molecule has 0 saturated carbocycles. The molecular weight excluding hydrogens is 392 g/mol. The Morgan fingerprint density at radius 1 is 1.29 bits per heavy atom. The number of nitrogens with one attached hydrogen (secondary N) is 1. The van der Waals surface area contributed by atoms with Crippen molar-refractivity contribution in [3.05, 3.63) is 51.2 Å². The number of hydrogen-bond acceptors (Lipinski definition) is 6. The molecule has 8 heteroatoms. The maximum Gasteiger partial charge on any atom is 0.263 e. The number of carbonyl (C=O) groups is 1. The highest BCUT2D eigenvalue weighted by molar-refractivity contribution is 9.10. The largest absolute Gasteiger partial charge is 0.339 e. The third kappa shape index (κ3) is 3.54. The zero-order valence-corrected chi connectivity index (χ0v) is 15.5. The van der Waals surface area contributed by atoms with Crippen LogP contribution in [0, 0.1) is 5.92 Å². The SMILES string of the molecule is CC(C)C(NC(=O)c1sccc1Br)c1nc(-c2ccncc2)no1. The van der Waals surface area contributed by atoms with E-state index in [-0.39, 0.29) is 17.9 Å². The van der Waals surface area contributed by atoms with Gasteiger partial charge in [0.1, 0.15) is 10.9 Å². The minimum Gasteiger partial charge on any atom is -0.339 e. The van der Waals surface area contributed by atoms with Gasteiger partial charge in [0.2, 0.25) is 11.7 Å². The van der Waals surface area contributed by atoms with Crippen molar-refractivity contribution in [1.29, 1.82) is 0 Å². The molecule has 3 heterocycles. The minimum atomic E-state index is -0.366. The Morgan fingerprint density at radius 2 is 2.04 bits per heavy atom. The Hall–Kier alpha value is -2.06. The lowest BCUT2D eigenvalue weighted by atomic mass is 10.0. The highest BCUT2D eigenvalue weighted by Crippen LogP contribution is 2.26. The molecule has 0 spiro atoms. The van der Waals surface area contributed by atoms with Gasteiger partial charge in [0.05, 0.1) is 0 Å². The summed E-state index contributed by atoms with van der Waals surface area (Å²) in [6, 6.07) is 5.09. The van der Waals surface area contributed by atoms with E-state index in [1.165, 1.54) is 11.3 Å². The number of aromatic nitrogens is 3. The second-order valence-electron chi connectivity index (χ2n) is 5.48. The van der Waals surface area contributed by atoms with Crippen molar-refractivity contribution < 1.29 is 9.32 Å². The second-order valence-corrected chi connectivity index (χ2v) is 7.26. The van der Waals surface area contributed by atoms with Gasteiger partial charge in [0.25, 0.3) is 5.91 Å². The van der Waals surface area contributed by atoms with Crippen LogP contribution in [0.25, 0.3) is 11.4 Å². The molecule has 0 radical (unpaired) electrons. The van der Waals surface area contributed by atoms with Crippen LogP contribution in [0.3, 0.4) is 0 Å². The van der Waals surface area contributed by atoms with Gasteiger partial charge in [0, 0.05) is 22.4 Å². The number of halogens is 1. The van der Waals surface area contributed by atoms with Crippen molar-refractivity contribution in [2.45, 2.75) is 19.9 Å². The smallest absolute Gasteiger partial charge is 0.263 e. The summed E-state index contributed by atoms with van der Waals surface area (Å²) in [6.07, 6.45) is 3.34. The number of nitrogens with zero attached hydrogens (tertiary/aromatic N) is 3. The van der Waals surface area contributed by atoms with Crippen molar-refractivity contribution in [3.8, 4) is 11.4 Å². The Bertz CT molecular complexity index is 831. The first kappa shape index (κ1) is 16.8. The first-order valence-electron chi connectivity index (χ1n) is 7.34. The summed E-state index contributed by atoms with van der Waals surface area (Å²) in [5.74, 6) is 0.792. The van der Waals surface area contributed by atoms with Crippen molar-refractivity contribution in [1.82, 2.24) is 20.4 Å². The van der Waals surface area contributed by atoms with E-state index < -0.39 is 0 Å². The number of hydrogen-bond donors (Lipinski definition) is 1. The van der Waals surface area contributed by atoms with E-state index in [1.807, 2.05) is 25.3 Å². The molecule has 0 aromatic carbocycles. The van der Waals surface area contributed by atoms with Crippen LogP contribution in [0.1, 0.15) is 35.5 Å². The summed E-state index contributed by atoms with van der Waals surface area (Å²) < 4.78 is 6.16. The normalized spacial score (nSPS) is 12.3. The first-order valence-corrected chi connectivity index (χ1v) is 9.01. The van der Waals surface area contributed by atoms with E-state index in [4.69, 9.17) is 4.52 Å².